The molecule has 8 aliphatic carbocycles. The van der Waals surface area contributed by atoms with Gasteiger partial charge in [-0.05, 0) is 232 Å². The highest BCUT2D eigenvalue weighted by molar-refractivity contribution is 4.88. The average molecular weight is 1250 g/mol. The smallest absolute Gasteiger partial charge is 0.0596 e. The zero-order chi connectivity index (χ0) is 67.4. The highest BCUT2D eigenvalue weighted by atomic mass is 16.3. The lowest BCUT2D eigenvalue weighted by Gasteiger charge is -2.37. The minimum atomic E-state index is -0.0382. The quantitative estimate of drug-likeness (QED) is 0.119. The number of aliphatic hydroxyl groups excluding tert-OH is 8. The fourth-order valence-electron chi connectivity index (χ4n) is 18.6. The molecule has 32 atom stereocenters. The highest BCUT2D eigenvalue weighted by Crippen LogP contribution is 2.42. The molecule has 32 unspecified atom stereocenters. The van der Waals surface area contributed by atoms with Crippen LogP contribution in [0.15, 0.2) is 0 Å². The molecule has 8 saturated carbocycles. The molecule has 0 spiro atoms. The Labute approximate surface area is 549 Å². The van der Waals surface area contributed by atoms with Crippen molar-refractivity contribution in [1.29, 1.82) is 0 Å². The summed E-state index contributed by atoms with van der Waals surface area (Å²) in [5, 5.41) is 77.6. The standard InChI is InChI=1S/8C10H20O/c1-4-9-5-7(2)8(3)6-10(9)11;1-4-9-5-7(2)6-10(11)8(9)3;1-4-9-8(3)5-7(2)6-10(9)11;1-4-9-6-7(2)5-8(3)10(9)11;1-4-9-7(2)5-6-10(11)8(9)3;1-4-9-8(3)7(2)5-6-10(9)11;1-4-9-6-5-7(2)8(3)10(9)11;1-4-9-7(2)5-6-8(3)10(9)11/h8*7-11H,4-6H2,1-3H3. The van der Waals surface area contributed by atoms with Crippen LogP contribution < -0.4 is 0 Å². The normalized spacial score (nSPS) is 45.8. The Hall–Kier alpha value is -0.320. The maximum atomic E-state index is 9.81. The summed E-state index contributed by atoms with van der Waals surface area (Å²) in [5.74, 6) is 15.8. The predicted molar refractivity (Wildman–Crippen MR) is 379 cm³/mol. The third kappa shape index (κ3) is 28.2. The maximum absolute atomic E-state index is 9.81. The topological polar surface area (TPSA) is 162 Å². The van der Waals surface area contributed by atoms with E-state index in [-0.39, 0.29) is 48.8 Å². The lowest BCUT2D eigenvalue weighted by Crippen LogP contribution is -2.36. The van der Waals surface area contributed by atoms with Crippen LogP contribution in [-0.2, 0) is 0 Å². The molecule has 8 fully saturated rings. The van der Waals surface area contributed by atoms with E-state index in [1.165, 1.54) is 83.5 Å². The van der Waals surface area contributed by atoms with Gasteiger partial charge in [-0.15, -0.1) is 0 Å². The van der Waals surface area contributed by atoms with Crippen LogP contribution in [0.1, 0.15) is 320 Å². The lowest BCUT2D eigenvalue weighted by molar-refractivity contribution is -0.00445. The summed E-state index contributed by atoms with van der Waals surface area (Å²) in [7, 11) is 0. The number of hydrogen-bond acceptors (Lipinski definition) is 8. The second-order valence-electron chi connectivity index (χ2n) is 33.0. The first kappa shape index (κ1) is 85.7. The second kappa shape index (κ2) is 44.4. The van der Waals surface area contributed by atoms with Crippen LogP contribution >= 0.6 is 0 Å². The second-order valence-corrected chi connectivity index (χ2v) is 33.0. The fourth-order valence-corrected chi connectivity index (χ4v) is 18.6. The SMILES string of the molecule is CCC1C(C)CC(C)CC1O.CCC1C(C)CCC(C)C1O.CCC1C(C)CCC(O)C1C.CCC1C(O)CCC(C)C1C.CCC1CC(C)C(C)CC1O.CCC1CC(C)CC(C)C1O.CCC1CC(C)CC(O)C1C.CCC1CCC(C)C(C)C1O. The Morgan fingerprint density at radius 1 is 0.205 bits per heavy atom. The molecule has 528 valence electrons. The molecule has 0 radical (unpaired) electrons. The van der Waals surface area contributed by atoms with E-state index in [4.69, 9.17) is 0 Å². The summed E-state index contributed by atoms with van der Waals surface area (Å²) in [4.78, 5) is 0. The van der Waals surface area contributed by atoms with Gasteiger partial charge < -0.3 is 40.9 Å². The van der Waals surface area contributed by atoms with E-state index >= 15 is 0 Å². The first-order valence-electron chi connectivity index (χ1n) is 38.7. The van der Waals surface area contributed by atoms with Crippen molar-refractivity contribution < 1.29 is 40.9 Å². The maximum Gasteiger partial charge on any atom is 0.0596 e. The third-order valence-electron chi connectivity index (χ3n) is 26.3. The molecule has 0 aromatic carbocycles. The zero-order valence-electron chi connectivity index (χ0n) is 63.0. The largest absolute Gasteiger partial charge is 0.393 e. The summed E-state index contributed by atoms with van der Waals surface area (Å²) in [6, 6.07) is 0. The van der Waals surface area contributed by atoms with Gasteiger partial charge in [0.15, 0.2) is 0 Å². The Morgan fingerprint density at radius 2 is 0.625 bits per heavy atom. The van der Waals surface area contributed by atoms with Gasteiger partial charge in [0, 0.05) is 0 Å². The van der Waals surface area contributed by atoms with Crippen molar-refractivity contribution in [3.63, 3.8) is 0 Å². The summed E-state index contributed by atoms with van der Waals surface area (Å²) < 4.78 is 0. The molecule has 0 aromatic rings. The first-order valence-corrected chi connectivity index (χ1v) is 38.7. The van der Waals surface area contributed by atoms with Gasteiger partial charge >= 0.3 is 0 Å². The third-order valence-corrected chi connectivity index (χ3v) is 26.3. The molecule has 0 amide bonds. The van der Waals surface area contributed by atoms with Crippen LogP contribution in [0.25, 0.3) is 0 Å². The van der Waals surface area contributed by atoms with Gasteiger partial charge in [0.05, 0.1) is 48.8 Å². The van der Waals surface area contributed by atoms with Gasteiger partial charge in [-0.2, -0.15) is 0 Å². The van der Waals surface area contributed by atoms with Gasteiger partial charge in [-0.25, -0.2) is 0 Å². The van der Waals surface area contributed by atoms with E-state index in [1.807, 2.05) is 0 Å². The molecule has 0 bridgehead atoms. The molecule has 8 aliphatic rings. The van der Waals surface area contributed by atoms with E-state index < -0.39 is 0 Å². The van der Waals surface area contributed by atoms with Crippen molar-refractivity contribution in [3.8, 4) is 0 Å². The summed E-state index contributed by atoms with van der Waals surface area (Å²) >= 11 is 0. The lowest BCUT2D eigenvalue weighted by atomic mass is 9.71. The monoisotopic (exact) mass is 1250 g/mol. The van der Waals surface area contributed by atoms with Gasteiger partial charge in [0.2, 0.25) is 0 Å². The van der Waals surface area contributed by atoms with E-state index in [2.05, 4.69) is 166 Å². The van der Waals surface area contributed by atoms with Crippen molar-refractivity contribution in [2.45, 2.75) is 369 Å². The molecule has 0 aromatic heterocycles. The van der Waals surface area contributed by atoms with Crippen LogP contribution in [-0.4, -0.2) is 89.7 Å². The van der Waals surface area contributed by atoms with Crippen LogP contribution in [0.3, 0.4) is 0 Å². The van der Waals surface area contributed by atoms with Crippen molar-refractivity contribution in [2.75, 3.05) is 0 Å². The van der Waals surface area contributed by atoms with Crippen molar-refractivity contribution in [1.82, 2.24) is 0 Å². The summed E-state index contributed by atoms with van der Waals surface area (Å²) in [6.45, 7) is 53.5. The highest BCUT2D eigenvalue weighted by Gasteiger charge is 2.37. The molecular formula is C80H160O8. The fraction of sp³-hybridized carbons (Fsp3) is 1.00. The van der Waals surface area contributed by atoms with Crippen LogP contribution in [0.5, 0.6) is 0 Å². The molecule has 8 nitrogen and oxygen atoms in total. The molecule has 0 aliphatic heterocycles. The Kier molecular flexibility index (Phi) is 43.3. The Bertz CT molecular complexity index is 1570. The molecule has 88 heavy (non-hydrogen) atoms. The molecule has 0 saturated heterocycles. The first-order chi connectivity index (χ1) is 41.2. The molecule has 8 heteroatoms. The summed E-state index contributed by atoms with van der Waals surface area (Å²) in [6.07, 6.45) is 27.8. The van der Waals surface area contributed by atoms with E-state index in [9.17, 15) is 40.9 Å². The minimum absolute atomic E-state index is 0.0220. The van der Waals surface area contributed by atoms with Crippen LogP contribution in [0.2, 0.25) is 0 Å². The van der Waals surface area contributed by atoms with E-state index in [0.717, 1.165) is 130 Å². The van der Waals surface area contributed by atoms with Gasteiger partial charge in [-0.3, -0.25) is 0 Å². The Balaban J connectivity index is 0.000000503. The van der Waals surface area contributed by atoms with Crippen molar-refractivity contribution >= 4 is 0 Å². The number of aliphatic hydroxyl groups is 8. The molecule has 8 N–H and O–H groups in total. The summed E-state index contributed by atoms with van der Waals surface area (Å²) in [5.41, 5.74) is 0. The molecule has 0 heterocycles. The van der Waals surface area contributed by atoms with Crippen molar-refractivity contribution in [3.05, 3.63) is 0 Å². The molecule has 8 rings (SSSR count). The van der Waals surface area contributed by atoms with Crippen LogP contribution in [0.4, 0.5) is 0 Å². The van der Waals surface area contributed by atoms with Gasteiger partial charge in [-0.1, -0.05) is 230 Å². The average Bonchev–Trinajstić information content (AvgIpc) is 3.60. The number of rotatable bonds is 8. The van der Waals surface area contributed by atoms with E-state index in [1.54, 1.807) is 0 Å². The Morgan fingerprint density at radius 3 is 1.12 bits per heavy atom. The van der Waals surface area contributed by atoms with Crippen molar-refractivity contribution in [2.24, 2.45) is 142 Å². The molecular weight excluding hydrogens is 1090 g/mol. The zero-order valence-corrected chi connectivity index (χ0v) is 63.0. The van der Waals surface area contributed by atoms with Crippen LogP contribution in [0, 0.1) is 142 Å². The minimum Gasteiger partial charge on any atom is -0.393 e. The number of hydrogen-bond donors (Lipinski definition) is 8. The van der Waals surface area contributed by atoms with Gasteiger partial charge in [0.25, 0.3) is 0 Å². The van der Waals surface area contributed by atoms with Gasteiger partial charge in [0.1, 0.15) is 0 Å². The predicted octanol–water partition coefficient (Wildman–Crippen LogP) is 19.5. The van der Waals surface area contributed by atoms with E-state index in [0.29, 0.717) is 82.9 Å².